The zero-order valence-electron chi connectivity index (χ0n) is 22.0. The lowest BCUT2D eigenvalue weighted by atomic mass is 9.75. The monoisotopic (exact) mass is 501 g/mol. The number of rotatable bonds is 2. The highest BCUT2D eigenvalue weighted by Crippen LogP contribution is 2.49. The maximum absolute atomic E-state index is 6.33. The van der Waals surface area contributed by atoms with E-state index < -0.39 is 0 Å². The Balaban J connectivity index is 1.38. The van der Waals surface area contributed by atoms with E-state index in [4.69, 9.17) is 4.74 Å². The highest BCUT2D eigenvalue weighted by Gasteiger charge is 2.34. The predicted molar refractivity (Wildman–Crippen MR) is 162 cm³/mol. The Kier molecular flexibility index (Phi) is 4.60. The Hall–Kier alpha value is -4.82. The highest BCUT2D eigenvalue weighted by molar-refractivity contribution is 6.21. The van der Waals surface area contributed by atoms with Gasteiger partial charge in [0, 0.05) is 33.0 Å². The molecule has 0 amide bonds. The van der Waals surface area contributed by atoms with Gasteiger partial charge < -0.3 is 9.30 Å². The molecule has 0 saturated carbocycles. The standard InChI is InChI=1S/C37H27NO/c1-37(2)30-14-8-9-15-34(30)39-35-21-18-26(23-31(35)37)25-17-19-32-29(22-25)36-28-13-7-6-10-24(28)16-20-33(36)38(32)27-11-4-3-5-12-27/h3-23H,1-2H3. The van der Waals surface area contributed by atoms with Gasteiger partial charge in [0.05, 0.1) is 11.0 Å². The highest BCUT2D eigenvalue weighted by atomic mass is 16.5. The van der Waals surface area contributed by atoms with Crippen molar-refractivity contribution in [2.45, 2.75) is 19.3 Å². The van der Waals surface area contributed by atoms with Gasteiger partial charge in [-0.15, -0.1) is 0 Å². The summed E-state index contributed by atoms with van der Waals surface area (Å²) in [6, 6.07) is 45.8. The second-order valence-electron chi connectivity index (χ2n) is 11.0. The molecule has 39 heavy (non-hydrogen) atoms. The third-order valence-corrected chi connectivity index (χ3v) is 8.44. The van der Waals surface area contributed by atoms with Crippen LogP contribution in [0.4, 0.5) is 0 Å². The van der Waals surface area contributed by atoms with E-state index in [2.05, 4.69) is 140 Å². The Morgan fingerprint density at radius 2 is 1.23 bits per heavy atom. The van der Waals surface area contributed by atoms with Gasteiger partial charge in [-0.25, -0.2) is 0 Å². The minimum absolute atomic E-state index is 0.149. The Bertz CT molecular complexity index is 2060. The molecule has 6 aromatic carbocycles. The molecule has 8 rings (SSSR count). The average Bonchev–Trinajstić information content (AvgIpc) is 3.32. The van der Waals surface area contributed by atoms with E-state index in [9.17, 15) is 0 Å². The summed E-state index contributed by atoms with van der Waals surface area (Å²) in [4.78, 5) is 0. The summed E-state index contributed by atoms with van der Waals surface area (Å²) in [5, 5.41) is 5.10. The fraction of sp³-hybridized carbons (Fsp3) is 0.0811. The third kappa shape index (κ3) is 3.21. The van der Waals surface area contributed by atoms with Crippen molar-refractivity contribution in [1.29, 1.82) is 0 Å². The molecule has 1 aliphatic heterocycles. The van der Waals surface area contributed by atoms with E-state index in [1.165, 1.54) is 60.5 Å². The van der Waals surface area contributed by atoms with Crippen LogP contribution >= 0.6 is 0 Å². The van der Waals surface area contributed by atoms with Gasteiger partial charge in [0.1, 0.15) is 11.5 Å². The van der Waals surface area contributed by atoms with E-state index in [1.807, 2.05) is 6.07 Å². The second-order valence-corrected chi connectivity index (χ2v) is 11.0. The summed E-state index contributed by atoms with van der Waals surface area (Å²) < 4.78 is 8.72. The number of hydrogen-bond acceptors (Lipinski definition) is 1. The van der Waals surface area contributed by atoms with Gasteiger partial charge >= 0.3 is 0 Å². The van der Waals surface area contributed by atoms with Crippen LogP contribution in [-0.2, 0) is 5.41 Å². The number of aromatic nitrogens is 1. The first-order valence-corrected chi connectivity index (χ1v) is 13.5. The molecule has 2 nitrogen and oxygen atoms in total. The van der Waals surface area contributed by atoms with Crippen molar-refractivity contribution in [1.82, 2.24) is 4.57 Å². The van der Waals surface area contributed by atoms with Crippen molar-refractivity contribution in [3.8, 4) is 28.3 Å². The summed E-state index contributed by atoms with van der Waals surface area (Å²) in [6.45, 7) is 4.58. The van der Waals surface area contributed by atoms with E-state index >= 15 is 0 Å². The van der Waals surface area contributed by atoms with Crippen LogP contribution in [-0.4, -0.2) is 4.57 Å². The number of para-hydroxylation sites is 2. The van der Waals surface area contributed by atoms with Crippen LogP contribution in [0, 0.1) is 0 Å². The first-order valence-electron chi connectivity index (χ1n) is 13.5. The molecule has 1 aliphatic rings. The maximum atomic E-state index is 6.33. The minimum atomic E-state index is -0.149. The van der Waals surface area contributed by atoms with Crippen molar-refractivity contribution in [3.05, 3.63) is 139 Å². The lowest BCUT2D eigenvalue weighted by Gasteiger charge is -2.34. The molecule has 0 N–H and O–H groups in total. The molecule has 7 aromatic rings. The smallest absolute Gasteiger partial charge is 0.131 e. The van der Waals surface area contributed by atoms with E-state index in [-0.39, 0.29) is 5.41 Å². The SMILES string of the molecule is CC1(C)c2ccccc2Oc2ccc(-c3ccc4c(c3)c3c5ccccc5ccc3n4-c3ccccc3)cc21. The summed E-state index contributed by atoms with van der Waals surface area (Å²) in [5.41, 5.74) is 8.32. The quantitative estimate of drug-likeness (QED) is 0.230. The van der Waals surface area contributed by atoms with Crippen molar-refractivity contribution in [3.63, 3.8) is 0 Å². The van der Waals surface area contributed by atoms with Crippen LogP contribution < -0.4 is 4.74 Å². The molecule has 0 atom stereocenters. The van der Waals surface area contributed by atoms with Crippen LogP contribution in [0.1, 0.15) is 25.0 Å². The zero-order chi connectivity index (χ0) is 26.1. The van der Waals surface area contributed by atoms with Gasteiger partial charge in [-0.05, 0) is 70.4 Å². The first kappa shape index (κ1) is 22.2. The normalized spacial score (nSPS) is 13.8. The van der Waals surface area contributed by atoms with E-state index in [1.54, 1.807) is 0 Å². The number of nitrogens with zero attached hydrogens (tertiary/aromatic N) is 1. The number of ether oxygens (including phenoxy) is 1. The third-order valence-electron chi connectivity index (χ3n) is 8.44. The molecule has 1 aromatic heterocycles. The molecule has 0 spiro atoms. The molecule has 0 saturated heterocycles. The molecule has 0 bridgehead atoms. The van der Waals surface area contributed by atoms with Crippen molar-refractivity contribution >= 4 is 32.6 Å². The van der Waals surface area contributed by atoms with Crippen LogP contribution in [0.25, 0.3) is 49.4 Å². The Morgan fingerprint density at radius 1 is 0.538 bits per heavy atom. The van der Waals surface area contributed by atoms with E-state index in [0.29, 0.717) is 0 Å². The summed E-state index contributed by atoms with van der Waals surface area (Å²) in [5.74, 6) is 1.89. The lowest BCUT2D eigenvalue weighted by molar-refractivity contribution is 0.418. The maximum Gasteiger partial charge on any atom is 0.131 e. The molecule has 186 valence electrons. The minimum Gasteiger partial charge on any atom is -0.457 e. The van der Waals surface area contributed by atoms with Gasteiger partial charge in [-0.1, -0.05) is 92.7 Å². The second kappa shape index (κ2) is 8.09. The molecule has 2 heteroatoms. The molecular formula is C37H27NO. The number of fused-ring (bicyclic) bond motifs is 7. The average molecular weight is 502 g/mol. The Labute approximate surface area is 227 Å². The molecule has 0 radical (unpaired) electrons. The molecular weight excluding hydrogens is 474 g/mol. The molecule has 2 heterocycles. The van der Waals surface area contributed by atoms with Crippen LogP contribution in [0.3, 0.4) is 0 Å². The van der Waals surface area contributed by atoms with Crippen LogP contribution in [0.2, 0.25) is 0 Å². The first-order chi connectivity index (χ1) is 19.1. The van der Waals surface area contributed by atoms with Gasteiger partial charge in [0.25, 0.3) is 0 Å². The zero-order valence-corrected chi connectivity index (χ0v) is 22.0. The van der Waals surface area contributed by atoms with Crippen molar-refractivity contribution in [2.24, 2.45) is 0 Å². The lowest BCUT2D eigenvalue weighted by Crippen LogP contribution is -2.24. The summed E-state index contributed by atoms with van der Waals surface area (Å²) >= 11 is 0. The van der Waals surface area contributed by atoms with Gasteiger partial charge in [0.2, 0.25) is 0 Å². The molecule has 0 unspecified atom stereocenters. The fourth-order valence-electron chi connectivity index (χ4n) is 6.45. The number of benzene rings is 6. The summed E-state index contributed by atoms with van der Waals surface area (Å²) in [6.07, 6.45) is 0. The van der Waals surface area contributed by atoms with Gasteiger partial charge in [0.15, 0.2) is 0 Å². The van der Waals surface area contributed by atoms with Crippen molar-refractivity contribution < 1.29 is 4.74 Å². The topological polar surface area (TPSA) is 14.2 Å². The van der Waals surface area contributed by atoms with Crippen molar-refractivity contribution in [2.75, 3.05) is 0 Å². The largest absolute Gasteiger partial charge is 0.457 e. The number of hydrogen-bond donors (Lipinski definition) is 0. The van der Waals surface area contributed by atoms with Crippen LogP contribution in [0.15, 0.2) is 127 Å². The molecule has 0 fully saturated rings. The van der Waals surface area contributed by atoms with E-state index in [0.717, 1.165) is 11.5 Å². The Morgan fingerprint density at radius 3 is 2.13 bits per heavy atom. The molecule has 0 aliphatic carbocycles. The van der Waals surface area contributed by atoms with Gasteiger partial charge in [-0.2, -0.15) is 0 Å². The predicted octanol–water partition coefficient (Wildman–Crippen LogP) is 10.0. The van der Waals surface area contributed by atoms with Gasteiger partial charge in [-0.3, -0.25) is 0 Å². The summed E-state index contributed by atoms with van der Waals surface area (Å²) in [7, 11) is 0. The fourth-order valence-corrected chi connectivity index (χ4v) is 6.45. The van der Waals surface area contributed by atoms with Crippen LogP contribution in [0.5, 0.6) is 11.5 Å².